The van der Waals surface area contributed by atoms with Gasteiger partial charge in [0.2, 0.25) is 5.91 Å². The average Bonchev–Trinajstić information content (AvgIpc) is 2.59. The first-order valence-corrected chi connectivity index (χ1v) is 10.2. The molecule has 27 heavy (non-hydrogen) atoms. The van der Waals surface area contributed by atoms with Crippen LogP contribution in [0.5, 0.6) is 5.75 Å². The molecule has 4 aliphatic carbocycles. The third-order valence-corrected chi connectivity index (χ3v) is 6.93. The molecule has 5 heteroatoms. The van der Waals surface area contributed by atoms with Gasteiger partial charge in [-0.05, 0) is 92.9 Å². The SMILES string of the molecule is CC(=O)Nc1ccc(OCC(=O)NC(C)C23CC4CC(CC(C4)C2)C3)cc1. The topological polar surface area (TPSA) is 67.4 Å². The number of carbonyl (C=O) groups is 2. The van der Waals surface area contributed by atoms with Crippen LogP contribution < -0.4 is 15.4 Å². The molecule has 4 fully saturated rings. The predicted octanol–water partition coefficient (Wildman–Crippen LogP) is 3.74. The maximum atomic E-state index is 12.4. The van der Waals surface area contributed by atoms with Gasteiger partial charge in [-0.3, -0.25) is 9.59 Å². The van der Waals surface area contributed by atoms with E-state index in [9.17, 15) is 9.59 Å². The van der Waals surface area contributed by atoms with Gasteiger partial charge in [-0.15, -0.1) is 0 Å². The maximum Gasteiger partial charge on any atom is 0.258 e. The summed E-state index contributed by atoms with van der Waals surface area (Å²) in [6, 6.07) is 7.28. The van der Waals surface area contributed by atoms with Gasteiger partial charge in [0.1, 0.15) is 5.75 Å². The van der Waals surface area contributed by atoms with E-state index in [2.05, 4.69) is 17.6 Å². The van der Waals surface area contributed by atoms with Gasteiger partial charge in [0.05, 0.1) is 0 Å². The first kappa shape index (κ1) is 18.3. The van der Waals surface area contributed by atoms with Crippen LogP contribution in [0.3, 0.4) is 0 Å². The smallest absolute Gasteiger partial charge is 0.258 e. The third-order valence-electron chi connectivity index (χ3n) is 6.93. The summed E-state index contributed by atoms with van der Waals surface area (Å²) in [5.41, 5.74) is 1.03. The number of hydrogen-bond donors (Lipinski definition) is 2. The summed E-state index contributed by atoms with van der Waals surface area (Å²) in [5, 5.41) is 5.94. The number of carbonyl (C=O) groups excluding carboxylic acids is 2. The molecule has 0 spiro atoms. The number of anilines is 1. The molecule has 0 aromatic heterocycles. The van der Waals surface area contributed by atoms with Crippen LogP contribution in [-0.2, 0) is 9.59 Å². The van der Waals surface area contributed by atoms with Gasteiger partial charge in [0, 0.05) is 18.7 Å². The van der Waals surface area contributed by atoms with Crippen LogP contribution >= 0.6 is 0 Å². The fourth-order valence-corrected chi connectivity index (χ4v) is 6.13. The van der Waals surface area contributed by atoms with Gasteiger partial charge in [0.15, 0.2) is 6.61 Å². The second kappa shape index (κ2) is 7.17. The van der Waals surface area contributed by atoms with E-state index < -0.39 is 0 Å². The number of nitrogens with one attached hydrogen (secondary N) is 2. The molecule has 1 aromatic rings. The Bertz CT molecular complexity index is 677. The number of benzene rings is 1. The molecule has 1 unspecified atom stereocenters. The van der Waals surface area contributed by atoms with Crippen molar-refractivity contribution in [2.45, 2.75) is 58.4 Å². The van der Waals surface area contributed by atoms with Crippen LogP contribution in [0.2, 0.25) is 0 Å². The molecule has 1 atom stereocenters. The maximum absolute atomic E-state index is 12.4. The van der Waals surface area contributed by atoms with Crippen LogP contribution in [0.4, 0.5) is 5.69 Å². The Balaban J connectivity index is 1.29. The minimum Gasteiger partial charge on any atom is -0.484 e. The van der Waals surface area contributed by atoms with Crippen molar-refractivity contribution >= 4 is 17.5 Å². The largest absolute Gasteiger partial charge is 0.484 e. The van der Waals surface area contributed by atoms with Crippen LogP contribution in [0.25, 0.3) is 0 Å². The molecule has 0 aliphatic heterocycles. The van der Waals surface area contributed by atoms with Crippen LogP contribution in [0.1, 0.15) is 52.4 Å². The molecule has 5 nitrogen and oxygen atoms in total. The minimum atomic E-state index is -0.110. The second-order valence-electron chi connectivity index (χ2n) is 9.06. The molecule has 4 aliphatic rings. The van der Waals surface area contributed by atoms with Crippen molar-refractivity contribution in [1.29, 1.82) is 0 Å². The monoisotopic (exact) mass is 370 g/mol. The van der Waals surface area contributed by atoms with Gasteiger partial charge >= 0.3 is 0 Å². The van der Waals surface area contributed by atoms with Crippen molar-refractivity contribution in [2.24, 2.45) is 23.2 Å². The van der Waals surface area contributed by atoms with Crippen molar-refractivity contribution in [2.75, 3.05) is 11.9 Å². The fourth-order valence-electron chi connectivity index (χ4n) is 6.13. The van der Waals surface area contributed by atoms with Crippen molar-refractivity contribution in [3.63, 3.8) is 0 Å². The molecule has 0 saturated heterocycles. The summed E-state index contributed by atoms with van der Waals surface area (Å²) in [5.74, 6) is 3.12. The van der Waals surface area contributed by atoms with E-state index in [1.165, 1.54) is 45.4 Å². The summed E-state index contributed by atoms with van der Waals surface area (Å²) >= 11 is 0. The molecule has 4 bridgehead atoms. The first-order valence-electron chi connectivity index (χ1n) is 10.2. The van der Waals surface area contributed by atoms with Gasteiger partial charge in [0.25, 0.3) is 5.91 Å². The molecule has 1 aromatic carbocycles. The van der Waals surface area contributed by atoms with Crippen molar-refractivity contribution in [3.05, 3.63) is 24.3 Å². The van der Waals surface area contributed by atoms with Crippen LogP contribution in [-0.4, -0.2) is 24.5 Å². The van der Waals surface area contributed by atoms with Crippen molar-refractivity contribution in [1.82, 2.24) is 5.32 Å². The Kier molecular flexibility index (Phi) is 4.87. The lowest BCUT2D eigenvalue weighted by Crippen LogP contribution is -2.56. The highest BCUT2D eigenvalue weighted by atomic mass is 16.5. The lowest BCUT2D eigenvalue weighted by atomic mass is 9.48. The number of rotatable bonds is 6. The summed E-state index contributed by atoms with van der Waals surface area (Å²) < 4.78 is 5.62. The Morgan fingerprint density at radius 1 is 1.07 bits per heavy atom. The molecule has 146 valence electrons. The molecule has 0 heterocycles. The third kappa shape index (κ3) is 3.97. The normalized spacial score (nSPS) is 32.0. The summed E-state index contributed by atoms with van der Waals surface area (Å²) in [7, 11) is 0. The van der Waals surface area contributed by atoms with Crippen molar-refractivity contribution in [3.8, 4) is 5.75 Å². The van der Waals surface area contributed by atoms with Gasteiger partial charge in [-0.25, -0.2) is 0 Å². The summed E-state index contributed by atoms with van der Waals surface area (Å²) in [4.78, 5) is 23.5. The average molecular weight is 370 g/mol. The predicted molar refractivity (Wildman–Crippen MR) is 104 cm³/mol. The standard InChI is InChI=1S/C22H30N2O3/c1-14(22-10-16-7-17(11-22)9-18(8-16)12-22)23-21(26)13-27-20-5-3-19(4-6-20)24-15(2)25/h3-6,14,16-18H,7-13H2,1-2H3,(H,23,26)(H,24,25). The van der Waals surface area contributed by atoms with E-state index >= 15 is 0 Å². The Hall–Kier alpha value is -2.04. The van der Waals surface area contributed by atoms with E-state index in [0.717, 1.165) is 23.4 Å². The molecule has 0 radical (unpaired) electrons. The highest BCUT2D eigenvalue weighted by Gasteiger charge is 2.53. The minimum absolute atomic E-state index is 0.0240. The quantitative estimate of drug-likeness (QED) is 0.801. The molecule has 5 rings (SSSR count). The first-order chi connectivity index (χ1) is 12.9. The van der Waals surface area contributed by atoms with Crippen LogP contribution in [0.15, 0.2) is 24.3 Å². The van der Waals surface area contributed by atoms with E-state index in [-0.39, 0.29) is 24.5 Å². The molecule has 4 saturated carbocycles. The zero-order valence-corrected chi connectivity index (χ0v) is 16.3. The van der Waals surface area contributed by atoms with Gasteiger partial charge in [-0.1, -0.05) is 0 Å². The zero-order valence-electron chi connectivity index (χ0n) is 16.3. The highest BCUT2D eigenvalue weighted by molar-refractivity contribution is 5.88. The molecule has 2 amide bonds. The van der Waals surface area contributed by atoms with E-state index in [0.29, 0.717) is 11.2 Å². The zero-order chi connectivity index (χ0) is 19.0. The van der Waals surface area contributed by atoms with Gasteiger partial charge in [-0.2, -0.15) is 0 Å². The van der Waals surface area contributed by atoms with E-state index in [1.54, 1.807) is 24.3 Å². The van der Waals surface area contributed by atoms with E-state index in [1.807, 2.05) is 0 Å². The number of amides is 2. The number of hydrogen-bond acceptors (Lipinski definition) is 3. The number of ether oxygens (including phenoxy) is 1. The Morgan fingerprint density at radius 2 is 1.63 bits per heavy atom. The van der Waals surface area contributed by atoms with E-state index in [4.69, 9.17) is 4.74 Å². The second-order valence-corrected chi connectivity index (χ2v) is 9.06. The molecule has 2 N–H and O–H groups in total. The van der Waals surface area contributed by atoms with Gasteiger partial charge < -0.3 is 15.4 Å². The summed E-state index contributed by atoms with van der Waals surface area (Å²) in [6.07, 6.45) is 8.09. The lowest BCUT2D eigenvalue weighted by Gasteiger charge is -2.59. The fraction of sp³-hybridized carbons (Fsp3) is 0.636. The van der Waals surface area contributed by atoms with Crippen molar-refractivity contribution < 1.29 is 14.3 Å². The molecular weight excluding hydrogens is 340 g/mol. The highest BCUT2D eigenvalue weighted by Crippen LogP contribution is 2.61. The Labute approximate surface area is 161 Å². The lowest BCUT2D eigenvalue weighted by molar-refractivity contribution is -0.127. The Morgan fingerprint density at radius 3 is 2.15 bits per heavy atom. The molecular formula is C22H30N2O3. The summed E-state index contributed by atoms with van der Waals surface area (Å²) in [6.45, 7) is 3.68. The van der Waals surface area contributed by atoms with Crippen LogP contribution in [0, 0.1) is 23.2 Å².